The third-order valence-electron chi connectivity index (χ3n) is 1.76. The van der Waals surface area contributed by atoms with Gasteiger partial charge in [-0.2, -0.15) is 0 Å². The van der Waals surface area contributed by atoms with Gasteiger partial charge in [0.05, 0.1) is 0 Å². The van der Waals surface area contributed by atoms with Crippen molar-refractivity contribution in [1.29, 1.82) is 0 Å². The molecule has 1 aliphatic rings. The van der Waals surface area contributed by atoms with Crippen LogP contribution in [0.3, 0.4) is 0 Å². The highest BCUT2D eigenvalue weighted by atomic mass is 19.2. The van der Waals surface area contributed by atoms with E-state index in [0.717, 1.165) is 0 Å². The highest BCUT2D eigenvalue weighted by Gasteiger charge is 2.48. The van der Waals surface area contributed by atoms with Crippen molar-refractivity contribution in [2.24, 2.45) is 0 Å². The molecule has 5 nitrogen and oxygen atoms in total. The molecule has 7 heteroatoms. The molecule has 1 fully saturated rings. The second-order valence-electron chi connectivity index (χ2n) is 2.67. The van der Waals surface area contributed by atoms with Gasteiger partial charge in [0.1, 0.15) is 12.2 Å². The molecule has 76 valence electrons. The number of alkyl halides is 2. The Morgan fingerprint density at radius 3 is 2.23 bits per heavy atom. The largest absolute Gasteiger partial charge is 0.479 e. The molecular weight excluding hydrogens is 190 g/mol. The number of carbonyl (C=O) groups is 1. The number of hydrogen-bond donors (Lipinski definition) is 3. The number of rotatable bonds is 1. The Hall–Kier alpha value is -0.790. The van der Waals surface area contributed by atoms with Gasteiger partial charge in [-0.1, -0.05) is 0 Å². The van der Waals surface area contributed by atoms with Gasteiger partial charge in [0.15, 0.2) is 12.3 Å². The average molecular weight is 198 g/mol. The Morgan fingerprint density at radius 1 is 1.23 bits per heavy atom. The molecule has 1 unspecified atom stereocenters. The fourth-order valence-electron chi connectivity index (χ4n) is 1.02. The normalized spacial score (nSPS) is 46.0. The van der Waals surface area contributed by atoms with Crippen molar-refractivity contribution >= 4 is 5.97 Å². The minimum atomic E-state index is -2.53. The molecule has 1 saturated heterocycles. The Morgan fingerprint density at radius 2 is 1.77 bits per heavy atom. The molecule has 0 aromatic carbocycles. The van der Waals surface area contributed by atoms with Crippen LogP contribution in [-0.2, 0) is 9.53 Å². The molecule has 0 spiro atoms. The predicted molar refractivity (Wildman–Crippen MR) is 34.3 cm³/mol. The first-order valence-corrected chi connectivity index (χ1v) is 3.47. The molecule has 0 aromatic heterocycles. The average Bonchev–Trinajstić information content (AvgIpc) is 2.07. The molecule has 1 aliphatic heterocycles. The van der Waals surface area contributed by atoms with Crippen molar-refractivity contribution in [3.63, 3.8) is 0 Å². The molecule has 3 N–H and O–H groups in total. The van der Waals surface area contributed by atoms with Gasteiger partial charge in [0.25, 0.3) is 0 Å². The fraction of sp³-hybridized carbons (Fsp3) is 0.833. The molecule has 1 heterocycles. The van der Waals surface area contributed by atoms with E-state index < -0.39 is 36.8 Å². The Labute approximate surface area is 71.5 Å². The van der Waals surface area contributed by atoms with Crippen molar-refractivity contribution in [1.82, 2.24) is 0 Å². The lowest BCUT2D eigenvalue weighted by Crippen LogP contribution is -2.57. The fourth-order valence-corrected chi connectivity index (χ4v) is 1.02. The van der Waals surface area contributed by atoms with Gasteiger partial charge in [-0.25, -0.2) is 13.6 Å². The molecular formula is C6H8F2O5. The third-order valence-corrected chi connectivity index (χ3v) is 1.76. The zero-order valence-electron chi connectivity index (χ0n) is 6.30. The molecule has 0 radical (unpaired) electrons. The van der Waals surface area contributed by atoms with E-state index in [2.05, 4.69) is 4.74 Å². The van der Waals surface area contributed by atoms with Crippen LogP contribution in [-0.4, -0.2) is 52.1 Å². The number of carboxylic acids is 1. The van der Waals surface area contributed by atoms with Crippen molar-refractivity contribution in [2.75, 3.05) is 0 Å². The Kier molecular flexibility index (Phi) is 2.79. The SMILES string of the molecule is O=C(O)[C@@H]1OC(F)[C@H](F)[C@@H](O)[C@@H]1O. The first kappa shape index (κ1) is 10.3. The first-order valence-electron chi connectivity index (χ1n) is 3.47. The summed E-state index contributed by atoms with van der Waals surface area (Å²) < 4.78 is 29.0. The number of aliphatic carboxylic acids is 1. The summed E-state index contributed by atoms with van der Waals surface area (Å²) in [6, 6.07) is 0. The van der Waals surface area contributed by atoms with Crippen molar-refractivity contribution in [3.05, 3.63) is 0 Å². The topological polar surface area (TPSA) is 87.0 Å². The van der Waals surface area contributed by atoms with E-state index >= 15 is 0 Å². The van der Waals surface area contributed by atoms with Crippen molar-refractivity contribution < 1.29 is 33.6 Å². The third kappa shape index (κ3) is 1.77. The molecule has 0 aromatic rings. The maximum Gasteiger partial charge on any atom is 0.335 e. The molecule has 0 aliphatic carbocycles. The van der Waals surface area contributed by atoms with E-state index in [1.54, 1.807) is 0 Å². The quantitative estimate of drug-likeness (QED) is 0.494. The van der Waals surface area contributed by atoms with Gasteiger partial charge in [-0.3, -0.25) is 0 Å². The predicted octanol–water partition coefficient (Wildman–Crippen LogP) is -1.17. The van der Waals surface area contributed by atoms with E-state index in [-0.39, 0.29) is 0 Å². The summed E-state index contributed by atoms with van der Waals surface area (Å²) in [4.78, 5) is 10.3. The van der Waals surface area contributed by atoms with Gasteiger partial charge in [0.2, 0.25) is 6.36 Å². The summed E-state index contributed by atoms with van der Waals surface area (Å²) in [5, 5.41) is 26.1. The number of hydrogen-bond acceptors (Lipinski definition) is 4. The monoisotopic (exact) mass is 198 g/mol. The van der Waals surface area contributed by atoms with Crippen LogP contribution in [0, 0.1) is 0 Å². The molecule has 0 bridgehead atoms. The van der Waals surface area contributed by atoms with E-state index in [9.17, 15) is 13.6 Å². The number of carboxylic acid groups (broad SMARTS) is 1. The summed E-state index contributed by atoms with van der Waals surface area (Å²) in [5.41, 5.74) is 0. The summed E-state index contributed by atoms with van der Waals surface area (Å²) in [7, 11) is 0. The summed E-state index contributed by atoms with van der Waals surface area (Å²) in [5.74, 6) is -1.65. The molecule has 5 atom stereocenters. The van der Waals surface area contributed by atoms with Crippen LogP contribution >= 0.6 is 0 Å². The number of aliphatic hydroxyl groups is 2. The number of halogens is 2. The number of ether oxygens (including phenoxy) is 1. The van der Waals surface area contributed by atoms with E-state index in [1.807, 2.05) is 0 Å². The highest BCUT2D eigenvalue weighted by Crippen LogP contribution is 2.24. The van der Waals surface area contributed by atoms with Gasteiger partial charge >= 0.3 is 5.97 Å². The van der Waals surface area contributed by atoms with Crippen LogP contribution in [0.15, 0.2) is 0 Å². The lowest BCUT2D eigenvalue weighted by Gasteiger charge is -2.33. The van der Waals surface area contributed by atoms with Crippen LogP contribution in [0.2, 0.25) is 0 Å². The number of aliphatic hydroxyl groups excluding tert-OH is 2. The standard InChI is InChI=1S/C6H8F2O5/c7-1-2(9)3(10)4(6(11)12)13-5(1)8/h1-5,9-10H,(H,11,12)/t1-,2-,3+,4-,5?/m1/s1. The molecule has 0 saturated carbocycles. The highest BCUT2D eigenvalue weighted by molar-refractivity contribution is 5.73. The molecule has 0 amide bonds. The molecule has 1 rings (SSSR count). The first-order chi connectivity index (χ1) is 5.95. The van der Waals surface area contributed by atoms with E-state index in [4.69, 9.17) is 15.3 Å². The second kappa shape index (κ2) is 3.52. The van der Waals surface area contributed by atoms with Gasteiger partial charge in [0, 0.05) is 0 Å². The van der Waals surface area contributed by atoms with E-state index in [0.29, 0.717) is 0 Å². The maximum atomic E-state index is 12.6. The minimum Gasteiger partial charge on any atom is -0.479 e. The van der Waals surface area contributed by atoms with Crippen LogP contribution in [0.5, 0.6) is 0 Å². The van der Waals surface area contributed by atoms with Gasteiger partial charge < -0.3 is 20.1 Å². The second-order valence-corrected chi connectivity index (χ2v) is 2.67. The maximum absolute atomic E-state index is 12.6. The lowest BCUT2D eigenvalue weighted by molar-refractivity contribution is -0.242. The zero-order chi connectivity index (χ0) is 10.2. The summed E-state index contributed by atoms with van der Waals surface area (Å²) >= 11 is 0. The Bertz CT molecular complexity index is 211. The summed E-state index contributed by atoms with van der Waals surface area (Å²) in [6.45, 7) is 0. The van der Waals surface area contributed by atoms with E-state index in [1.165, 1.54) is 0 Å². The minimum absolute atomic E-state index is 1.65. The van der Waals surface area contributed by atoms with Crippen LogP contribution in [0.4, 0.5) is 8.78 Å². The van der Waals surface area contributed by atoms with Gasteiger partial charge in [-0.15, -0.1) is 0 Å². The van der Waals surface area contributed by atoms with Crippen LogP contribution in [0.1, 0.15) is 0 Å². The smallest absolute Gasteiger partial charge is 0.335 e. The zero-order valence-corrected chi connectivity index (χ0v) is 6.30. The van der Waals surface area contributed by atoms with Crippen molar-refractivity contribution in [3.8, 4) is 0 Å². The molecule has 13 heavy (non-hydrogen) atoms. The van der Waals surface area contributed by atoms with Crippen LogP contribution in [0.25, 0.3) is 0 Å². The van der Waals surface area contributed by atoms with Gasteiger partial charge in [-0.05, 0) is 0 Å². The van der Waals surface area contributed by atoms with Crippen molar-refractivity contribution in [2.45, 2.75) is 30.8 Å². The van der Waals surface area contributed by atoms with Crippen LogP contribution < -0.4 is 0 Å². The Balaban J connectivity index is 2.76. The lowest BCUT2D eigenvalue weighted by atomic mass is 10.0. The summed E-state index contributed by atoms with van der Waals surface area (Å²) in [6.07, 6.45) is -10.9.